The van der Waals surface area contributed by atoms with Crippen LogP contribution in [0.3, 0.4) is 0 Å². The van der Waals surface area contributed by atoms with Gasteiger partial charge in [-0.25, -0.2) is 9.37 Å². The number of amides is 1. The molecule has 0 bridgehead atoms. The van der Waals surface area contributed by atoms with Crippen molar-refractivity contribution in [1.82, 2.24) is 19.8 Å². The van der Waals surface area contributed by atoms with Crippen LogP contribution in [-0.2, 0) is 11.3 Å². The summed E-state index contributed by atoms with van der Waals surface area (Å²) in [6.07, 6.45) is 4.89. The van der Waals surface area contributed by atoms with Crippen molar-refractivity contribution in [3.63, 3.8) is 0 Å². The summed E-state index contributed by atoms with van der Waals surface area (Å²) in [6, 6.07) is 10.2. The van der Waals surface area contributed by atoms with Gasteiger partial charge in [-0.1, -0.05) is 18.0 Å². The highest BCUT2D eigenvalue weighted by Gasteiger charge is 2.18. The maximum absolute atomic E-state index is 13.7. The van der Waals surface area contributed by atoms with Gasteiger partial charge in [0.25, 0.3) is 0 Å². The highest BCUT2D eigenvalue weighted by Crippen LogP contribution is 2.30. The summed E-state index contributed by atoms with van der Waals surface area (Å²) >= 11 is 6.03. The van der Waals surface area contributed by atoms with Crippen LogP contribution in [0.1, 0.15) is 39.5 Å². The van der Waals surface area contributed by atoms with Gasteiger partial charge in [0.05, 0.1) is 22.7 Å². The smallest absolute Gasteiger partial charge is 0.240 e. The van der Waals surface area contributed by atoms with Crippen molar-refractivity contribution in [2.45, 2.75) is 52.1 Å². The summed E-state index contributed by atoms with van der Waals surface area (Å²) in [4.78, 5) is 19.8. The summed E-state index contributed by atoms with van der Waals surface area (Å²) in [6.45, 7) is 7.99. The predicted molar refractivity (Wildman–Crippen MR) is 141 cm³/mol. The van der Waals surface area contributed by atoms with Crippen LogP contribution in [0, 0.1) is 5.82 Å². The number of hydrogen-bond donors (Lipinski definition) is 1. The van der Waals surface area contributed by atoms with Crippen molar-refractivity contribution in [3.05, 3.63) is 47.2 Å². The van der Waals surface area contributed by atoms with Crippen LogP contribution in [0.5, 0.6) is 5.75 Å². The van der Waals surface area contributed by atoms with Crippen molar-refractivity contribution in [2.75, 3.05) is 26.2 Å². The average Bonchev–Trinajstić information content (AvgIpc) is 3.16. The normalized spacial score (nSPS) is 14.2. The van der Waals surface area contributed by atoms with Gasteiger partial charge in [-0.15, -0.1) is 12.4 Å². The monoisotopic (exact) mass is 522 g/mol. The molecule has 4 rings (SSSR count). The highest BCUT2D eigenvalue weighted by atomic mass is 35.5. The zero-order chi connectivity index (χ0) is 24.1. The number of piperidine rings is 1. The van der Waals surface area contributed by atoms with Gasteiger partial charge in [0.1, 0.15) is 23.9 Å². The van der Waals surface area contributed by atoms with Crippen LogP contribution in [0.25, 0.3) is 22.4 Å². The number of likely N-dealkylation sites (tertiary alicyclic amines) is 1. The lowest BCUT2D eigenvalue weighted by Crippen LogP contribution is -2.33. The van der Waals surface area contributed by atoms with E-state index in [1.165, 1.54) is 44.5 Å². The van der Waals surface area contributed by atoms with Crippen molar-refractivity contribution < 1.29 is 13.9 Å². The number of carbonyl (C=O) groups excluding carboxylic acids is 1. The summed E-state index contributed by atoms with van der Waals surface area (Å²) < 4.78 is 21.6. The Labute approximate surface area is 217 Å². The first-order chi connectivity index (χ1) is 16.4. The largest absolute Gasteiger partial charge is 0.493 e. The van der Waals surface area contributed by atoms with Crippen molar-refractivity contribution >= 4 is 40.9 Å². The van der Waals surface area contributed by atoms with Crippen molar-refractivity contribution in [1.29, 1.82) is 0 Å². The zero-order valence-electron chi connectivity index (χ0n) is 20.2. The molecule has 2 aromatic carbocycles. The van der Waals surface area contributed by atoms with Crippen LogP contribution >= 0.6 is 24.0 Å². The fourth-order valence-electron chi connectivity index (χ4n) is 4.39. The molecule has 1 saturated heterocycles. The van der Waals surface area contributed by atoms with Crippen LogP contribution in [-0.4, -0.2) is 52.6 Å². The molecule has 0 spiro atoms. The van der Waals surface area contributed by atoms with E-state index in [1.54, 1.807) is 6.07 Å². The Kier molecular flexibility index (Phi) is 9.78. The van der Waals surface area contributed by atoms with E-state index in [9.17, 15) is 9.18 Å². The second kappa shape index (κ2) is 12.6. The maximum atomic E-state index is 13.7. The van der Waals surface area contributed by atoms with Gasteiger partial charge in [0.2, 0.25) is 5.91 Å². The molecule has 1 amide bonds. The summed E-state index contributed by atoms with van der Waals surface area (Å²) in [5.74, 6) is 0.678. The van der Waals surface area contributed by atoms with Crippen molar-refractivity contribution in [3.8, 4) is 17.1 Å². The minimum Gasteiger partial charge on any atom is -0.493 e. The first-order valence-corrected chi connectivity index (χ1v) is 12.4. The number of hydrogen-bond acceptors (Lipinski definition) is 4. The summed E-state index contributed by atoms with van der Waals surface area (Å²) in [7, 11) is 0. The number of nitrogens with zero attached hydrogens (tertiary/aromatic N) is 3. The highest BCUT2D eigenvalue weighted by molar-refractivity contribution is 6.31. The molecule has 0 radical (unpaired) electrons. The van der Waals surface area contributed by atoms with Gasteiger partial charge >= 0.3 is 0 Å². The fourth-order valence-corrected chi connectivity index (χ4v) is 4.57. The van der Waals surface area contributed by atoms with Gasteiger partial charge in [-0.3, -0.25) is 4.79 Å². The number of aromatic nitrogens is 2. The standard InChI is InChI=1S/C26H32ClFN4O2.ClH/c1-18(2)29-25(33)17-32-24-10-8-20(34-14-6-13-31-11-4-3-5-12-31)16-23(24)30-26(32)19-7-9-22(28)21(27)15-19;/h7-10,15-16,18H,3-6,11-14,17H2,1-2H3,(H,29,33);1H. The number of halogens is 3. The van der Waals surface area contributed by atoms with Crippen molar-refractivity contribution in [2.24, 2.45) is 0 Å². The number of carbonyl (C=O) groups is 1. The SMILES string of the molecule is CC(C)NC(=O)Cn1c(-c2ccc(F)c(Cl)c2)nc2cc(OCCCN3CCCCC3)ccc21.Cl. The van der Waals surface area contributed by atoms with E-state index in [-0.39, 0.29) is 35.9 Å². The second-order valence-corrected chi connectivity index (χ2v) is 9.53. The minimum absolute atomic E-state index is 0. The lowest BCUT2D eigenvalue weighted by molar-refractivity contribution is -0.122. The molecular weight excluding hydrogens is 490 g/mol. The average molecular weight is 523 g/mol. The molecule has 6 nitrogen and oxygen atoms in total. The Balaban J connectivity index is 0.00000342. The lowest BCUT2D eigenvalue weighted by Gasteiger charge is -2.26. The number of benzene rings is 2. The van der Waals surface area contributed by atoms with E-state index in [0.717, 1.165) is 24.2 Å². The Morgan fingerprint density at radius 3 is 2.66 bits per heavy atom. The molecule has 1 N–H and O–H groups in total. The topological polar surface area (TPSA) is 59.4 Å². The first kappa shape index (κ1) is 27.2. The van der Waals surface area contributed by atoms with Gasteiger partial charge in [-0.05, 0) is 76.5 Å². The van der Waals surface area contributed by atoms with E-state index >= 15 is 0 Å². The molecule has 1 aromatic heterocycles. The number of fused-ring (bicyclic) bond motifs is 1. The molecule has 3 aromatic rings. The van der Waals surface area contributed by atoms with E-state index in [4.69, 9.17) is 21.3 Å². The van der Waals surface area contributed by atoms with E-state index in [1.807, 2.05) is 36.6 Å². The lowest BCUT2D eigenvalue weighted by atomic mass is 10.1. The van der Waals surface area contributed by atoms with Gasteiger partial charge in [0, 0.05) is 24.2 Å². The predicted octanol–water partition coefficient (Wildman–Crippen LogP) is 5.70. The minimum atomic E-state index is -0.495. The molecule has 190 valence electrons. The summed E-state index contributed by atoms with van der Waals surface area (Å²) in [5.41, 5.74) is 2.15. The molecule has 0 saturated carbocycles. The molecule has 1 aliphatic heterocycles. The Morgan fingerprint density at radius 1 is 1.17 bits per heavy atom. The van der Waals surface area contributed by atoms with Gasteiger partial charge in [-0.2, -0.15) is 0 Å². The maximum Gasteiger partial charge on any atom is 0.240 e. The van der Waals surface area contributed by atoms with Gasteiger partial charge < -0.3 is 19.5 Å². The Bertz CT molecular complexity index is 1150. The molecule has 35 heavy (non-hydrogen) atoms. The third-order valence-electron chi connectivity index (χ3n) is 5.98. The quantitative estimate of drug-likeness (QED) is 0.366. The summed E-state index contributed by atoms with van der Waals surface area (Å²) in [5, 5.41) is 2.93. The molecule has 1 aliphatic rings. The van der Waals surface area contributed by atoms with Crippen LogP contribution in [0.4, 0.5) is 4.39 Å². The third kappa shape index (κ3) is 7.09. The first-order valence-electron chi connectivity index (χ1n) is 12.0. The van der Waals surface area contributed by atoms with Crippen LogP contribution in [0.2, 0.25) is 5.02 Å². The number of imidazole rings is 1. The number of rotatable bonds is 9. The molecule has 1 fully saturated rings. The number of nitrogens with one attached hydrogen (secondary N) is 1. The molecule has 9 heteroatoms. The molecule has 0 atom stereocenters. The third-order valence-corrected chi connectivity index (χ3v) is 6.27. The van der Waals surface area contributed by atoms with E-state index < -0.39 is 5.82 Å². The Morgan fingerprint density at radius 2 is 1.94 bits per heavy atom. The van der Waals surface area contributed by atoms with Crippen LogP contribution in [0.15, 0.2) is 36.4 Å². The zero-order valence-corrected chi connectivity index (χ0v) is 21.8. The number of ether oxygens (including phenoxy) is 1. The van der Waals surface area contributed by atoms with E-state index in [2.05, 4.69) is 10.2 Å². The molecular formula is C26H33Cl2FN4O2. The van der Waals surface area contributed by atoms with Crippen LogP contribution < -0.4 is 10.1 Å². The Hall–Kier alpha value is -2.35. The van der Waals surface area contributed by atoms with Gasteiger partial charge in [0.15, 0.2) is 0 Å². The molecule has 0 unspecified atom stereocenters. The molecule has 0 aliphatic carbocycles. The second-order valence-electron chi connectivity index (χ2n) is 9.13. The molecule has 2 heterocycles. The fraction of sp³-hybridized carbons (Fsp3) is 0.462. The van der Waals surface area contributed by atoms with E-state index in [0.29, 0.717) is 23.5 Å².